The number of nitrogens with one attached hydrogen (secondary N) is 1. The fourth-order valence-electron chi connectivity index (χ4n) is 1.87. The number of nitro groups is 1. The Morgan fingerprint density at radius 3 is 2.52 bits per heavy atom. The van der Waals surface area contributed by atoms with Gasteiger partial charge in [-0.1, -0.05) is 20.8 Å². The molecule has 21 heavy (non-hydrogen) atoms. The van der Waals surface area contributed by atoms with Crippen LogP contribution >= 0.6 is 0 Å². The second-order valence-corrected chi connectivity index (χ2v) is 5.07. The van der Waals surface area contributed by atoms with E-state index in [0.717, 1.165) is 6.42 Å². The van der Waals surface area contributed by atoms with Gasteiger partial charge in [0.1, 0.15) is 0 Å². The van der Waals surface area contributed by atoms with Crippen molar-refractivity contribution in [2.75, 3.05) is 18.5 Å². The van der Waals surface area contributed by atoms with Crippen LogP contribution in [0, 0.1) is 10.1 Å². The quantitative estimate of drug-likeness (QED) is 0.539. The summed E-state index contributed by atoms with van der Waals surface area (Å²) in [4.78, 5) is 10.5. The smallest absolute Gasteiger partial charge is 0.311 e. The Hall–Kier alpha value is -1.82. The molecule has 0 fully saturated rings. The van der Waals surface area contributed by atoms with Crippen LogP contribution < -0.4 is 10.1 Å². The summed E-state index contributed by atoms with van der Waals surface area (Å²) in [5.41, 5.74) is -0.117. The number of hydrogen-bond acceptors (Lipinski definition) is 5. The van der Waals surface area contributed by atoms with Crippen molar-refractivity contribution in [3.05, 3.63) is 28.3 Å². The first-order valence-corrected chi connectivity index (χ1v) is 7.33. The third kappa shape index (κ3) is 4.90. The average molecular weight is 296 g/mol. The van der Waals surface area contributed by atoms with Gasteiger partial charge in [-0.2, -0.15) is 0 Å². The van der Waals surface area contributed by atoms with E-state index in [2.05, 4.69) is 5.32 Å². The lowest BCUT2D eigenvalue weighted by molar-refractivity contribution is -0.385. The zero-order valence-electron chi connectivity index (χ0n) is 12.9. The topological polar surface area (TPSA) is 84.6 Å². The van der Waals surface area contributed by atoms with Crippen molar-refractivity contribution in [3.63, 3.8) is 0 Å². The predicted molar refractivity (Wildman–Crippen MR) is 82.9 cm³/mol. The van der Waals surface area contributed by atoms with Crippen molar-refractivity contribution in [3.8, 4) is 5.75 Å². The number of nitro benzene ring substituents is 1. The third-order valence-corrected chi connectivity index (χ3v) is 3.56. The molecule has 2 N–H and O–H groups in total. The maximum atomic E-state index is 11.0. The molecule has 6 heteroatoms. The molecule has 0 aromatic heterocycles. The van der Waals surface area contributed by atoms with Crippen LogP contribution in [0.25, 0.3) is 0 Å². The van der Waals surface area contributed by atoms with Crippen LogP contribution in [0.5, 0.6) is 5.75 Å². The van der Waals surface area contributed by atoms with E-state index in [1.165, 1.54) is 6.07 Å². The van der Waals surface area contributed by atoms with Gasteiger partial charge in [0, 0.05) is 24.4 Å². The molecule has 0 atom stereocenters. The Morgan fingerprint density at radius 2 is 2.00 bits per heavy atom. The molecular weight excluding hydrogens is 272 g/mol. The highest BCUT2D eigenvalue weighted by Gasteiger charge is 2.22. The second-order valence-electron chi connectivity index (χ2n) is 5.07. The Balaban J connectivity index is 2.87. The number of rotatable bonds is 9. The standard InChI is InChI=1S/C15H24N2O4/c1-4-9-21-14-10-12(7-8-13(14)17(19)20)16-11-15(18,5-2)6-3/h7-8,10,16,18H,4-6,9,11H2,1-3H3. The van der Waals surface area contributed by atoms with Gasteiger partial charge in [-0.3, -0.25) is 10.1 Å². The van der Waals surface area contributed by atoms with E-state index in [1.807, 2.05) is 20.8 Å². The van der Waals surface area contributed by atoms with Gasteiger partial charge in [0.2, 0.25) is 0 Å². The van der Waals surface area contributed by atoms with Crippen LogP contribution in [0.2, 0.25) is 0 Å². The number of anilines is 1. The van der Waals surface area contributed by atoms with Gasteiger partial charge >= 0.3 is 5.69 Å². The van der Waals surface area contributed by atoms with Gasteiger partial charge < -0.3 is 15.2 Å². The van der Waals surface area contributed by atoms with Crippen molar-refractivity contribution >= 4 is 11.4 Å². The Labute approximate surface area is 125 Å². The fourth-order valence-corrected chi connectivity index (χ4v) is 1.87. The average Bonchev–Trinajstić information content (AvgIpc) is 2.50. The number of hydrogen-bond donors (Lipinski definition) is 2. The van der Waals surface area contributed by atoms with Gasteiger partial charge in [0.15, 0.2) is 5.75 Å². The normalized spacial score (nSPS) is 11.2. The van der Waals surface area contributed by atoms with E-state index in [4.69, 9.17) is 4.74 Å². The maximum Gasteiger partial charge on any atom is 0.311 e. The lowest BCUT2D eigenvalue weighted by Crippen LogP contribution is -2.35. The van der Waals surface area contributed by atoms with Gasteiger partial charge in [-0.15, -0.1) is 0 Å². The predicted octanol–water partition coefficient (Wildman–Crippen LogP) is 3.35. The lowest BCUT2D eigenvalue weighted by atomic mass is 9.97. The molecule has 6 nitrogen and oxygen atoms in total. The van der Waals surface area contributed by atoms with Crippen molar-refractivity contribution in [2.24, 2.45) is 0 Å². The zero-order chi connectivity index (χ0) is 15.9. The monoisotopic (exact) mass is 296 g/mol. The van der Waals surface area contributed by atoms with Gasteiger partial charge in [0.25, 0.3) is 0 Å². The first-order valence-electron chi connectivity index (χ1n) is 7.33. The number of aliphatic hydroxyl groups is 1. The van der Waals surface area contributed by atoms with E-state index in [-0.39, 0.29) is 11.4 Å². The molecule has 0 heterocycles. The molecule has 0 bridgehead atoms. The summed E-state index contributed by atoms with van der Waals surface area (Å²) in [5, 5.41) is 24.3. The summed E-state index contributed by atoms with van der Waals surface area (Å²) >= 11 is 0. The van der Waals surface area contributed by atoms with Gasteiger partial charge in [0.05, 0.1) is 17.1 Å². The minimum atomic E-state index is -0.772. The summed E-state index contributed by atoms with van der Waals surface area (Å²) in [6.07, 6.45) is 2.06. The Morgan fingerprint density at radius 1 is 1.33 bits per heavy atom. The van der Waals surface area contributed by atoms with Crippen molar-refractivity contribution in [1.29, 1.82) is 0 Å². The number of nitrogens with zero attached hydrogens (tertiary/aromatic N) is 1. The molecule has 118 valence electrons. The molecule has 0 aliphatic heterocycles. The molecule has 0 saturated heterocycles. The van der Waals surface area contributed by atoms with E-state index < -0.39 is 10.5 Å². The molecule has 1 rings (SSSR count). The van der Waals surface area contributed by atoms with Crippen LogP contribution in [-0.4, -0.2) is 28.8 Å². The molecule has 0 aliphatic carbocycles. The van der Waals surface area contributed by atoms with E-state index in [9.17, 15) is 15.2 Å². The summed E-state index contributed by atoms with van der Waals surface area (Å²) in [7, 11) is 0. The first-order chi connectivity index (χ1) is 9.95. The van der Waals surface area contributed by atoms with Crippen LogP contribution in [0.1, 0.15) is 40.0 Å². The van der Waals surface area contributed by atoms with E-state index >= 15 is 0 Å². The van der Waals surface area contributed by atoms with Gasteiger partial charge in [-0.05, 0) is 25.3 Å². The van der Waals surface area contributed by atoms with Crippen LogP contribution in [0.15, 0.2) is 18.2 Å². The Kier molecular flexibility index (Phi) is 6.42. The second kappa shape index (κ2) is 7.83. The SMILES string of the molecule is CCCOc1cc(NCC(O)(CC)CC)ccc1[N+](=O)[O-]. The molecule has 1 aromatic carbocycles. The highest BCUT2D eigenvalue weighted by atomic mass is 16.6. The van der Waals surface area contributed by atoms with Crippen molar-refractivity contribution in [2.45, 2.75) is 45.6 Å². The molecule has 0 saturated carbocycles. The van der Waals surface area contributed by atoms with Crippen LogP contribution in [0.4, 0.5) is 11.4 Å². The van der Waals surface area contributed by atoms with E-state index in [0.29, 0.717) is 31.7 Å². The molecule has 0 amide bonds. The number of ether oxygens (including phenoxy) is 1. The first kappa shape index (κ1) is 17.2. The van der Waals surface area contributed by atoms with Crippen LogP contribution in [0.3, 0.4) is 0 Å². The molecule has 0 radical (unpaired) electrons. The summed E-state index contributed by atoms with van der Waals surface area (Å²) < 4.78 is 5.43. The highest BCUT2D eigenvalue weighted by Crippen LogP contribution is 2.30. The summed E-state index contributed by atoms with van der Waals surface area (Å²) in [6, 6.07) is 4.66. The Bertz CT molecular complexity index is 473. The lowest BCUT2D eigenvalue weighted by Gasteiger charge is -2.26. The van der Waals surface area contributed by atoms with Gasteiger partial charge in [-0.25, -0.2) is 0 Å². The van der Waals surface area contributed by atoms with Crippen LogP contribution in [-0.2, 0) is 0 Å². The maximum absolute atomic E-state index is 11.0. The minimum Gasteiger partial charge on any atom is -0.487 e. The zero-order valence-corrected chi connectivity index (χ0v) is 12.9. The summed E-state index contributed by atoms with van der Waals surface area (Å²) in [5.74, 6) is 0.253. The van der Waals surface area contributed by atoms with E-state index in [1.54, 1.807) is 12.1 Å². The molecule has 0 unspecified atom stereocenters. The third-order valence-electron chi connectivity index (χ3n) is 3.56. The molecular formula is C15H24N2O4. The molecule has 0 aliphatic rings. The minimum absolute atomic E-state index is 0.0461. The highest BCUT2D eigenvalue weighted by molar-refractivity contribution is 5.58. The summed E-state index contributed by atoms with van der Waals surface area (Å²) in [6.45, 7) is 6.62. The van der Waals surface area contributed by atoms with Crippen molar-refractivity contribution < 1.29 is 14.8 Å². The molecule has 1 aromatic rings. The van der Waals surface area contributed by atoms with Crippen molar-refractivity contribution in [1.82, 2.24) is 0 Å². The fraction of sp³-hybridized carbons (Fsp3) is 0.600. The molecule has 0 spiro atoms. The number of benzene rings is 1. The largest absolute Gasteiger partial charge is 0.487 e.